The normalized spacial score (nSPS) is 10.5. The summed E-state index contributed by atoms with van der Waals surface area (Å²) in [6, 6.07) is 11.6. The van der Waals surface area contributed by atoms with E-state index in [4.69, 9.17) is 4.74 Å². The van der Waals surface area contributed by atoms with Crippen molar-refractivity contribution >= 4 is 22.4 Å². The van der Waals surface area contributed by atoms with Gasteiger partial charge in [0.1, 0.15) is 5.75 Å². The number of hydrogen-bond acceptors (Lipinski definition) is 6. The first-order chi connectivity index (χ1) is 12.7. The molecule has 0 fully saturated rings. The molecule has 0 N–H and O–H groups in total. The average Bonchev–Trinajstić information content (AvgIpc) is 3.18. The molecular formula is C19H20N4O2S. The molecule has 6 nitrogen and oxygen atoms in total. The number of carbonyl (C=O) groups excluding carboxylic acids is 1. The molecule has 0 atom stereocenters. The van der Waals surface area contributed by atoms with Crippen molar-refractivity contribution in [3.05, 3.63) is 54.4 Å². The van der Waals surface area contributed by atoms with Crippen LogP contribution in [0.5, 0.6) is 5.75 Å². The van der Waals surface area contributed by atoms with Crippen molar-refractivity contribution < 1.29 is 9.53 Å². The van der Waals surface area contributed by atoms with E-state index in [0.717, 1.165) is 21.9 Å². The molecule has 2 aromatic heterocycles. The first kappa shape index (κ1) is 18.0. The SMILES string of the molecule is CCN(C(=O)CCc1ccc(OC)cc1)c1nnc(-c2cccnc2)s1. The van der Waals surface area contributed by atoms with Gasteiger partial charge in [-0.25, -0.2) is 0 Å². The molecule has 0 aliphatic carbocycles. The monoisotopic (exact) mass is 368 g/mol. The Balaban J connectivity index is 1.66. The van der Waals surface area contributed by atoms with Crippen molar-refractivity contribution in [2.24, 2.45) is 0 Å². The van der Waals surface area contributed by atoms with Crippen LogP contribution in [0.2, 0.25) is 0 Å². The highest BCUT2D eigenvalue weighted by Gasteiger charge is 2.19. The number of benzene rings is 1. The van der Waals surface area contributed by atoms with Crippen LogP contribution < -0.4 is 9.64 Å². The van der Waals surface area contributed by atoms with Crippen molar-refractivity contribution in [2.75, 3.05) is 18.6 Å². The van der Waals surface area contributed by atoms with Gasteiger partial charge in [-0.2, -0.15) is 0 Å². The number of amides is 1. The molecule has 0 saturated heterocycles. The van der Waals surface area contributed by atoms with Crippen molar-refractivity contribution in [1.29, 1.82) is 0 Å². The Morgan fingerprint density at radius 3 is 2.65 bits per heavy atom. The zero-order valence-electron chi connectivity index (χ0n) is 14.8. The number of anilines is 1. The largest absolute Gasteiger partial charge is 0.497 e. The highest BCUT2D eigenvalue weighted by Crippen LogP contribution is 2.28. The van der Waals surface area contributed by atoms with Crippen LogP contribution in [0, 0.1) is 0 Å². The topological polar surface area (TPSA) is 68.2 Å². The lowest BCUT2D eigenvalue weighted by atomic mass is 10.1. The summed E-state index contributed by atoms with van der Waals surface area (Å²) in [4.78, 5) is 18.4. The number of pyridine rings is 1. The van der Waals surface area contributed by atoms with E-state index in [2.05, 4.69) is 15.2 Å². The third-order valence-corrected chi connectivity index (χ3v) is 4.95. The number of carbonyl (C=O) groups is 1. The predicted octanol–water partition coefficient (Wildman–Crippen LogP) is 3.59. The van der Waals surface area contributed by atoms with Crippen molar-refractivity contribution in [1.82, 2.24) is 15.2 Å². The van der Waals surface area contributed by atoms with Gasteiger partial charge in [0.2, 0.25) is 11.0 Å². The van der Waals surface area contributed by atoms with E-state index >= 15 is 0 Å². The molecular weight excluding hydrogens is 348 g/mol. The van der Waals surface area contributed by atoms with E-state index in [0.29, 0.717) is 24.5 Å². The fourth-order valence-electron chi connectivity index (χ4n) is 2.53. The first-order valence-corrected chi connectivity index (χ1v) is 9.20. The number of nitrogens with zero attached hydrogens (tertiary/aromatic N) is 4. The summed E-state index contributed by atoms with van der Waals surface area (Å²) >= 11 is 1.40. The van der Waals surface area contributed by atoms with Crippen molar-refractivity contribution in [3.63, 3.8) is 0 Å². The third-order valence-electron chi connectivity index (χ3n) is 3.96. The standard InChI is InChI=1S/C19H20N4O2S/c1-3-23(17(24)11-8-14-6-9-16(25-2)10-7-14)19-22-21-18(26-19)15-5-4-12-20-13-15/h4-7,9-10,12-13H,3,8,11H2,1-2H3. The van der Waals surface area contributed by atoms with Gasteiger partial charge in [-0.15, -0.1) is 10.2 Å². The molecule has 0 spiro atoms. The second kappa shape index (κ2) is 8.53. The quantitative estimate of drug-likeness (QED) is 0.637. The molecule has 0 unspecified atom stereocenters. The Morgan fingerprint density at radius 2 is 2.00 bits per heavy atom. The lowest BCUT2D eigenvalue weighted by Crippen LogP contribution is -2.30. The van der Waals surface area contributed by atoms with E-state index in [1.165, 1.54) is 11.3 Å². The molecule has 1 aromatic carbocycles. The van der Waals surface area contributed by atoms with Gasteiger partial charge in [0, 0.05) is 30.9 Å². The van der Waals surface area contributed by atoms with Crippen LogP contribution in [0.15, 0.2) is 48.8 Å². The Labute approximate surface area is 156 Å². The van der Waals surface area contributed by atoms with Crippen molar-refractivity contribution in [3.8, 4) is 16.3 Å². The molecule has 0 radical (unpaired) electrons. The third kappa shape index (κ3) is 4.23. The molecule has 26 heavy (non-hydrogen) atoms. The highest BCUT2D eigenvalue weighted by atomic mass is 32.1. The minimum absolute atomic E-state index is 0.0391. The maximum absolute atomic E-state index is 12.6. The van der Waals surface area contributed by atoms with Gasteiger partial charge in [0.15, 0.2) is 5.01 Å². The zero-order valence-corrected chi connectivity index (χ0v) is 15.6. The van der Waals surface area contributed by atoms with Crippen LogP contribution in [0.1, 0.15) is 18.9 Å². The number of methoxy groups -OCH3 is 1. The number of hydrogen-bond donors (Lipinski definition) is 0. The van der Waals surface area contributed by atoms with Crippen LogP contribution in [-0.2, 0) is 11.2 Å². The molecule has 134 valence electrons. The van der Waals surface area contributed by atoms with E-state index in [-0.39, 0.29) is 5.91 Å². The van der Waals surface area contributed by atoms with Gasteiger partial charge in [-0.3, -0.25) is 14.7 Å². The summed E-state index contributed by atoms with van der Waals surface area (Å²) < 4.78 is 5.15. The van der Waals surface area contributed by atoms with Gasteiger partial charge in [0.25, 0.3) is 0 Å². The summed E-state index contributed by atoms with van der Waals surface area (Å²) in [6.45, 7) is 2.50. The maximum Gasteiger partial charge on any atom is 0.229 e. The lowest BCUT2D eigenvalue weighted by Gasteiger charge is -2.17. The van der Waals surface area contributed by atoms with Gasteiger partial charge in [-0.05, 0) is 43.2 Å². The molecule has 0 aliphatic rings. The van der Waals surface area contributed by atoms with Gasteiger partial charge < -0.3 is 4.74 Å². The van der Waals surface area contributed by atoms with E-state index in [1.807, 2.05) is 43.3 Å². The molecule has 2 heterocycles. The molecule has 0 bridgehead atoms. The van der Waals surface area contributed by atoms with Crippen LogP contribution in [0.3, 0.4) is 0 Å². The number of ether oxygens (including phenoxy) is 1. The summed E-state index contributed by atoms with van der Waals surface area (Å²) in [5.41, 5.74) is 2.00. The Bertz CT molecular complexity index is 849. The summed E-state index contributed by atoms with van der Waals surface area (Å²) in [7, 11) is 1.64. The minimum Gasteiger partial charge on any atom is -0.497 e. The first-order valence-electron chi connectivity index (χ1n) is 8.38. The summed E-state index contributed by atoms with van der Waals surface area (Å²) in [6.07, 6.45) is 4.55. The number of rotatable bonds is 7. The van der Waals surface area contributed by atoms with Gasteiger partial charge in [-0.1, -0.05) is 23.5 Å². The van der Waals surface area contributed by atoms with E-state index < -0.39 is 0 Å². The Hall–Kier alpha value is -2.80. The molecule has 7 heteroatoms. The lowest BCUT2D eigenvalue weighted by molar-refractivity contribution is -0.118. The van der Waals surface area contributed by atoms with Crippen LogP contribution in [-0.4, -0.2) is 34.7 Å². The van der Waals surface area contributed by atoms with Crippen LogP contribution >= 0.6 is 11.3 Å². The number of aryl methyl sites for hydroxylation is 1. The van der Waals surface area contributed by atoms with E-state index in [1.54, 1.807) is 24.4 Å². The molecule has 3 aromatic rings. The van der Waals surface area contributed by atoms with Crippen LogP contribution in [0.4, 0.5) is 5.13 Å². The smallest absolute Gasteiger partial charge is 0.229 e. The predicted molar refractivity (Wildman–Crippen MR) is 102 cm³/mol. The van der Waals surface area contributed by atoms with Gasteiger partial charge in [0.05, 0.1) is 7.11 Å². The van der Waals surface area contributed by atoms with Crippen LogP contribution in [0.25, 0.3) is 10.6 Å². The second-order valence-electron chi connectivity index (χ2n) is 5.62. The fourth-order valence-corrected chi connectivity index (χ4v) is 3.44. The minimum atomic E-state index is 0.0391. The molecule has 0 saturated carbocycles. The zero-order chi connectivity index (χ0) is 18.4. The molecule has 0 aliphatic heterocycles. The molecule has 3 rings (SSSR count). The second-order valence-corrected chi connectivity index (χ2v) is 6.57. The van der Waals surface area contributed by atoms with Gasteiger partial charge >= 0.3 is 0 Å². The summed E-state index contributed by atoms with van der Waals surface area (Å²) in [5.74, 6) is 0.851. The maximum atomic E-state index is 12.6. The molecule has 1 amide bonds. The summed E-state index contributed by atoms with van der Waals surface area (Å²) in [5, 5.41) is 9.76. The average molecular weight is 368 g/mol. The number of aromatic nitrogens is 3. The van der Waals surface area contributed by atoms with E-state index in [9.17, 15) is 4.79 Å². The Morgan fingerprint density at radius 1 is 1.19 bits per heavy atom. The van der Waals surface area contributed by atoms with Crippen molar-refractivity contribution in [2.45, 2.75) is 19.8 Å². The highest BCUT2D eigenvalue weighted by molar-refractivity contribution is 7.18. The Kier molecular flexibility index (Phi) is 5.91. The fraction of sp³-hybridized carbons (Fsp3) is 0.263.